The Hall–Kier alpha value is -1.39. The summed E-state index contributed by atoms with van der Waals surface area (Å²) in [4.78, 5) is 10.8. The SMILES string of the molecule is Cn1nc(C(=O)O)c2c1CCCC2F. The quantitative estimate of drug-likeness (QED) is 0.743. The lowest BCUT2D eigenvalue weighted by atomic mass is 9.94. The van der Waals surface area contributed by atoms with E-state index < -0.39 is 12.1 Å². The highest BCUT2D eigenvalue weighted by atomic mass is 19.1. The second-order valence-electron chi connectivity index (χ2n) is 3.50. The molecule has 0 radical (unpaired) electrons. The molecular formula is C9H11FN2O2. The van der Waals surface area contributed by atoms with Gasteiger partial charge in [-0.05, 0) is 19.3 Å². The van der Waals surface area contributed by atoms with E-state index in [1.54, 1.807) is 7.05 Å². The van der Waals surface area contributed by atoms with Crippen LogP contribution in [0.15, 0.2) is 0 Å². The zero-order chi connectivity index (χ0) is 10.3. The molecule has 0 saturated carbocycles. The van der Waals surface area contributed by atoms with Crippen molar-refractivity contribution >= 4 is 5.97 Å². The number of alkyl halides is 1. The fourth-order valence-electron chi connectivity index (χ4n) is 1.95. The van der Waals surface area contributed by atoms with Crippen LogP contribution in [-0.4, -0.2) is 20.9 Å². The number of hydrogen-bond acceptors (Lipinski definition) is 2. The lowest BCUT2D eigenvalue weighted by molar-refractivity contribution is 0.0685. The van der Waals surface area contributed by atoms with Crippen molar-refractivity contribution in [2.75, 3.05) is 0 Å². The maximum absolute atomic E-state index is 13.5. The second-order valence-corrected chi connectivity index (χ2v) is 3.50. The number of aromatic carboxylic acids is 1. The van der Waals surface area contributed by atoms with E-state index in [-0.39, 0.29) is 11.3 Å². The van der Waals surface area contributed by atoms with E-state index in [1.165, 1.54) is 4.68 Å². The Labute approximate surface area is 80.3 Å². The van der Waals surface area contributed by atoms with Gasteiger partial charge in [0.1, 0.15) is 6.17 Å². The molecule has 0 aromatic carbocycles. The minimum absolute atomic E-state index is 0.130. The minimum Gasteiger partial charge on any atom is -0.476 e. The third-order valence-electron chi connectivity index (χ3n) is 2.59. The van der Waals surface area contributed by atoms with Gasteiger partial charge in [0, 0.05) is 18.3 Å². The lowest BCUT2D eigenvalue weighted by Crippen LogP contribution is -2.10. The van der Waals surface area contributed by atoms with E-state index in [9.17, 15) is 9.18 Å². The first-order chi connectivity index (χ1) is 6.61. The summed E-state index contributed by atoms with van der Waals surface area (Å²) in [6.07, 6.45) is 0.705. The Morgan fingerprint density at radius 3 is 3.07 bits per heavy atom. The third kappa shape index (κ3) is 1.20. The molecule has 0 aliphatic heterocycles. The van der Waals surface area contributed by atoms with Gasteiger partial charge in [0.15, 0.2) is 5.69 Å². The smallest absolute Gasteiger partial charge is 0.356 e. The predicted octanol–water partition coefficient (Wildman–Crippen LogP) is 1.47. The normalized spacial score (nSPS) is 20.6. The van der Waals surface area contributed by atoms with E-state index in [1.807, 2.05) is 0 Å². The molecule has 4 nitrogen and oxygen atoms in total. The average molecular weight is 198 g/mol. The van der Waals surface area contributed by atoms with Crippen LogP contribution in [0.4, 0.5) is 4.39 Å². The van der Waals surface area contributed by atoms with Crippen molar-refractivity contribution in [3.8, 4) is 0 Å². The summed E-state index contributed by atoms with van der Waals surface area (Å²) in [5, 5.41) is 12.6. The molecule has 0 bridgehead atoms. The number of fused-ring (bicyclic) bond motifs is 1. The highest BCUT2D eigenvalue weighted by Gasteiger charge is 2.30. The van der Waals surface area contributed by atoms with Gasteiger partial charge in [-0.2, -0.15) is 5.10 Å². The number of carboxylic acids is 1. The Balaban J connectivity index is 2.59. The summed E-state index contributed by atoms with van der Waals surface area (Å²) in [5.41, 5.74) is 0.877. The molecule has 0 spiro atoms. The van der Waals surface area contributed by atoms with Crippen LogP contribution in [0.25, 0.3) is 0 Å². The van der Waals surface area contributed by atoms with E-state index in [0.29, 0.717) is 12.8 Å². The minimum atomic E-state index is -1.17. The van der Waals surface area contributed by atoms with Crippen molar-refractivity contribution in [3.05, 3.63) is 17.0 Å². The lowest BCUT2D eigenvalue weighted by Gasteiger charge is -2.16. The van der Waals surface area contributed by atoms with Crippen LogP contribution in [0.1, 0.15) is 40.8 Å². The van der Waals surface area contributed by atoms with Gasteiger partial charge < -0.3 is 5.11 Å². The van der Waals surface area contributed by atoms with Gasteiger partial charge in [-0.15, -0.1) is 0 Å². The number of carbonyl (C=O) groups is 1. The fourth-order valence-corrected chi connectivity index (χ4v) is 1.95. The molecule has 0 amide bonds. The topological polar surface area (TPSA) is 55.1 Å². The summed E-state index contributed by atoms with van der Waals surface area (Å²) < 4.78 is 15.0. The van der Waals surface area contributed by atoms with Crippen molar-refractivity contribution in [3.63, 3.8) is 0 Å². The summed E-state index contributed by atoms with van der Waals surface area (Å²) in [7, 11) is 1.66. The first-order valence-corrected chi connectivity index (χ1v) is 4.54. The van der Waals surface area contributed by atoms with Gasteiger partial charge in [-0.3, -0.25) is 4.68 Å². The van der Waals surface area contributed by atoms with Crippen LogP contribution in [0, 0.1) is 0 Å². The van der Waals surface area contributed by atoms with Crippen LogP contribution in [0.2, 0.25) is 0 Å². The number of hydrogen-bond donors (Lipinski definition) is 1. The molecule has 1 heterocycles. The van der Waals surface area contributed by atoms with E-state index in [4.69, 9.17) is 5.11 Å². The molecule has 0 fully saturated rings. The Morgan fingerprint density at radius 1 is 1.71 bits per heavy atom. The van der Waals surface area contributed by atoms with Crippen molar-refractivity contribution in [1.82, 2.24) is 9.78 Å². The third-order valence-corrected chi connectivity index (χ3v) is 2.59. The molecule has 1 aliphatic carbocycles. The summed E-state index contributed by atoms with van der Waals surface area (Å²) in [6.45, 7) is 0. The first-order valence-electron chi connectivity index (χ1n) is 4.54. The molecule has 1 aromatic heterocycles. The van der Waals surface area contributed by atoms with Crippen molar-refractivity contribution in [2.24, 2.45) is 7.05 Å². The van der Waals surface area contributed by atoms with Gasteiger partial charge in [0.25, 0.3) is 0 Å². The monoisotopic (exact) mass is 198 g/mol. The van der Waals surface area contributed by atoms with Crippen molar-refractivity contribution < 1.29 is 14.3 Å². The molecule has 1 aromatic rings. The molecule has 76 valence electrons. The van der Waals surface area contributed by atoms with Gasteiger partial charge in [0.05, 0.1) is 0 Å². The van der Waals surface area contributed by atoms with Crippen molar-refractivity contribution in [1.29, 1.82) is 0 Å². The predicted molar refractivity (Wildman–Crippen MR) is 47.0 cm³/mol. The maximum Gasteiger partial charge on any atom is 0.356 e. The fraction of sp³-hybridized carbons (Fsp3) is 0.556. The standard InChI is InChI=1S/C9H11FN2O2/c1-12-6-4-2-3-5(10)7(6)8(11-12)9(13)14/h5H,2-4H2,1H3,(H,13,14). The molecule has 1 atom stereocenters. The number of halogens is 1. The number of aromatic nitrogens is 2. The molecule has 1 N–H and O–H groups in total. The zero-order valence-corrected chi connectivity index (χ0v) is 7.83. The number of aryl methyl sites for hydroxylation is 1. The summed E-state index contributed by atoms with van der Waals surface area (Å²) in [5.74, 6) is -1.15. The van der Waals surface area contributed by atoms with Gasteiger partial charge in [0.2, 0.25) is 0 Å². The van der Waals surface area contributed by atoms with Crippen molar-refractivity contribution in [2.45, 2.75) is 25.4 Å². The zero-order valence-electron chi connectivity index (χ0n) is 7.83. The first kappa shape index (κ1) is 9.18. The van der Waals surface area contributed by atoms with Gasteiger partial charge in [-0.1, -0.05) is 0 Å². The van der Waals surface area contributed by atoms with Gasteiger partial charge >= 0.3 is 5.97 Å². The molecule has 14 heavy (non-hydrogen) atoms. The highest BCUT2D eigenvalue weighted by molar-refractivity contribution is 5.87. The molecule has 2 rings (SSSR count). The van der Waals surface area contributed by atoms with E-state index in [0.717, 1.165) is 12.1 Å². The Morgan fingerprint density at radius 2 is 2.43 bits per heavy atom. The van der Waals surface area contributed by atoms with Gasteiger partial charge in [-0.25, -0.2) is 9.18 Å². The van der Waals surface area contributed by atoms with Crippen LogP contribution in [-0.2, 0) is 13.5 Å². The summed E-state index contributed by atoms with van der Waals surface area (Å²) in [6, 6.07) is 0. The number of nitrogens with zero attached hydrogens (tertiary/aromatic N) is 2. The van der Waals surface area contributed by atoms with E-state index in [2.05, 4.69) is 5.10 Å². The van der Waals surface area contributed by atoms with E-state index >= 15 is 0 Å². The average Bonchev–Trinajstić information content (AvgIpc) is 2.46. The Kier molecular flexibility index (Phi) is 2.02. The maximum atomic E-state index is 13.5. The number of carboxylic acid groups (broad SMARTS) is 1. The molecule has 0 saturated heterocycles. The van der Waals surface area contributed by atoms with Crippen LogP contribution in [0.5, 0.6) is 0 Å². The van der Waals surface area contributed by atoms with Crippen LogP contribution >= 0.6 is 0 Å². The molecule has 5 heteroatoms. The largest absolute Gasteiger partial charge is 0.476 e. The second kappa shape index (κ2) is 3.08. The molecular weight excluding hydrogens is 187 g/mol. The number of rotatable bonds is 1. The Bertz CT molecular complexity index is 386. The highest BCUT2D eigenvalue weighted by Crippen LogP contribution is 2.34. The summed E-state index contributed by atoms with van der Waals surface area (Å²) >= 11 is 0. The molecule has 1 aliphatic rings. The molecule has 1 unspecified atom stereocenters. The van der Waals surface area contributed by atoms with Crippen LogP contribution < -0.4 is 0 Å². The van der Waals surface area contributed by atoms with Crippen LogP contribution in [0.3, 0.4) is 0 Å².